The van der Waals surface area contributed by atoms with E-state index in [1.54, 1.807) is 31.4 Å². The number of hydrogen-bond donors (Lipinski definition) is 2. The van der Waals surface area contributed by atoms with Crippen LogP contribution < -0.4 is 15.0 Å². The highest BCUT2D eigenvalue weighted by molar-refractivity contribution is 6.07. The summed E-state index contributed by atoms with van der Waals surface area (Å²) in [6.45, 7) is 0. The summed E-state index contributed by atoms with van der Waals surface area (Å²) in [6.07, 6.45) is 0.723. The van der Waals surface area contributed by atoms with Gasteiger partial charge < -0.3 is 19.9 Å². The SMILES string of the molecule is COc1ccc(C(=O)Nc2cc3[nH]c(Cc4ccccc4)nc3cc2N(C)C)cc1. The fraction of sp³-hybridized carbons (Fsp3) is 0.167. The molecule has 0 unspecified atom stereocenters. The number of fused-ring (bicyclic) bond motifs is 1. The molecule has 6 nitrogen and oxygen atoms in total. The van der Waals surface area contributed by atoms with E-state index in [4.69, 9.17) is 9.72 Å². The summed E-state index contributed by atoms with van der Waals surface area (Å²) in [7, 11) is 5.49. The summed E-state index contributed by atoms with van der Waals surface area (Å²) in [4.78, 5) is 22.9. The van der Waals surface area contributed by atoms with Crippen LogP contribution in [-0.4, -0.2) is 37.1 Å². The molecule has 0 saturated carbocycles. The van der Waals surface area contributed by atoms with E-state index in [9.17, 15) is 4.79 Å². The second-order valence-electron chi connectivity index (χ2n) is 7.31. The van der Waals surface area contributed by atoms with Crippen molar-refractivity contribution in [2.45, 2.75) is 6.42 Å². The van der Waals surface area contributed by atoms with Crippen LogP contribution in [0.2, 0.25) is 0 Å². The molecule has 0 radical (unpaired) electrons. The first-order valence-electron chi connectivity index (χ1n) is 9.73. The molecule has 3 aromatic carbocycles. The van der Waals surface area contributed by atoms with E-state index < -0.39 is 0 Å². The highest BCUT2D eigenvalue weighted by Crippen LogP contribution is 2.30. The number of carbonyl (C=O) groups excluding carboxylic acids is 1. The Kier molecular flexibility index (Phi) is 5.39. The van der Waals surface area contributed by atoms with Crippen molar-refractivity contribution < 1.29 is 9.53 Å². The summed E-state index contributed by atoms with van der Waals surface area (Å²) >= 11 is 0. The molecule has 30 heavy (non-hydrogen) atoms. The Balaban J connectivity index is 1.64. The molecule has 0 aliphatic heterocycles. The molecule has 1 heterocycles. The topological polar surface area (TPSA) is 70.2 Å². The molecule has 0 atom stereocenters. The number of amides is 1. The lowest BCUT2D eigenvalue weighted by atomic mass is 10.1. The second-order valence-corrected chi connectivity index (χ2v) is 7.31. The van der Waals surface area contributed by atoms with Gasteiger partial charge in [-0.25, -0.2) is 4.98 Å². The fourth-order valence-corrected chi connectivity index (χ4v) is 3.38. The van der Waals surface area contributed by atoms with Crippen LogP contribution in [0.4, 0.5) is 11.4 Å². The molecular formula is C24H24N4O2. The first kappa shape index (κ1) is 19.5. The number of rotatable bonds is 6. The van der Waals surface area contributed by atoms with Crippen molar-refractivity contribution in [2.24, 2.45) is 0 Å². The van der Waals surface area contributed by atoms with Crippen LogP contribution in [0.3, 0.4) is 0 Å². The molecule has 0 fully saturated rings. The average molecular weight is 400 g/mol. The van der Waals surface area contributed by atoms with Crippen LogP contribution in [-0.2, 0) is 6.42 Å². The predicted molar refractivity (Wildman–Crippen MR) is 121 cm³/mol. The van der Waals surface area contributed by atoms with Gasteiger partial charge in [0.15, 0.2) is 0 Å². The van der Waals surface area contributed by atoms with Crippen LogP contribution in [0.1, 0.15) is 21.7 Å². The van der Waals surface area contributed by atoms with Gasteiger partial charge in [-0.05, 0) is 42.0 Å². The average Bonchev–Trinajstić information content (AvgIpc) is 3.14. The number of nitrogens with one attached hydrogen (secondary N) is 2. The second kappa shape index (κ2) is 8.29. The van der Waals surface area contributed by atoms with Crippen molar-refractivity contribution in [3.05, 3.63) is 83.7 Å². The Morgan fingerprint density at radius 3 is 2.47 bits per heavy atom. The van der Waals surface area contributed by atoms with Gasteiger partial charge in [0.2, 0.25) is 0 Å². The maximum absolute atomic E-state index is 12.8. The third kappa shape index (κ3) is 4.12. The standard InChI is InChI=1S/C24H24N4O2/c1-28(2)22-15-20-19(25-23(26-20)13-16-7-5-4-6-8-16)14-21(22)27-24(29)17-9-11-18(30-3)12-10-17/h4-12,14-15H,13H2,1-3H3,(H,25,26)(H,27,29). The first-order chi connectivity index (χ1) is 14.5. The molecule has 1 aromatic heterocycles. The minimum absolute atomic E-state index is 0.177. The van der Waals surface area contributed by atoms with E-state index in [0.717, 1.165) is 34.7 Å². The fourth-order valence-electron chi connectivity index (χ4n) is 3.38. The number of anilines is 2. The monoisotopic (exact) mass is 400 g/mol. The summed E-state index contributed by atoms with van der Waals surface area (Å²) in [5, 5.41) is 3.03. The molecule has 0 saturated heterocycles. The van der Waals surface area contributed by atoms with E-state index in [0.29, 0.717) is 11.3 Å². The minimum Gasteiger partial charge on any atom is -0.497 e. The van der Waals surface area contributed by atoms with Crippen LogP contribution in [0.25, 0.3) is 11.0 Å². The number of H-pyrrole nitrogens is 1. The van der Waals surface area contributed by atoms with Gasteiger partial charge in [0, 0.05) is 26.1 Å². The Morgan fingerprint density at radius 2 is 1.80 bits per heavy atom. The maximum Gasteiger partial charge on any atom is 0.255 e. The lowest BCUT2D eigenvalue weighted by Gasteiger charge is -2.18. The molecule has 6 heteroatoms. The Morgan fingerprint density at radius 1 is 1.07 bits per heavy atom. The number of ether oxygens (including phenoxy) is 1. The van der Waals surface area contributed by atoms with Gasteiger partial charge in [-0.1, -0.05) is 30.3 Å². The van der Waals surface area contributed by atoms with Gasteiger partial charge in [0.25, 0.3) is 5.91 Å². The number of methoxy groups -OCH3 is 1. The van der Waals surface area contributed by atoms with Gasteiger partial charge in [0.1, 0.15) is 11.6 Å². The number of aromatic amines is 1. The molecule has 0 spiro atoms. The summed E-state index contributed by atoms with van der Waals surface area (Å²) in [5.74, 6) is 1.43. The number of aromatic nitrogens is 2. The van der Waals surface area contributed by atoms with Crippen molar-refractivity contribution in [3.8, 4) is 5.75 Å². The largest absolute Gasteiger partial charge is 0.497 e. The van der Waals surface area contributed by atoms with Crippen molar-refractivity contribution in [1.29, 1.82) is 0 Å². The lowest BCUT2D eigenvalue weighted by Crippen LogP contribution is -2.16. The van der Waals surface area contributed by atoms with E-state index in [1.807, 2.05) is 49.3 Å². The summed E-state index contributed by atoms with van der Waals surface area (Å²) in [6, 6.07) is 21.2. The van der Waals surface area contributed by atoms with Gasteiger partial charge in [-0.2, -0.15) is 0 Å². The predicted octanol–water partition coefficient (Wildman–Crippen LogP) is 4.48. The minimum atomic E-state index is -0.177. The van der Waals surface area contributed by atoms with Crippen molar-refractivity contribution >= 4 is 28.3 Å². The van der Waals surface area contributed by atoms with Gasteiger partial charge >= 0.3 is 0 Å². The molecule has 0 aliphatic rings. The van der Waals surface area contributed by atoms with Gasteiger partial charge in [-0.3, -0.25) is 4.79 Å². The Hall–Kier alpha value is -3.80. The molecule has 4 rings (SSSR count). The van der Waals surface area contributed by atoms with E-state index in [-0.39, 0.29) is 5.91 Å². The maximum atomic E-state index is 12.8. The molecule has 0 aliphatic carbocycles. The lowest BCUT2D eigenvalue weighted by molar-refractivity contribution is 0.102. The number of carbonyl (C=O) groups is 1. The zero-order valence-corrected chi connectivity index (χ0v) is 17.3. The number of benzene rings is 3. The third-order valence-electron chi connectivity index (χ3n) is 4.94. The van der Waals surface area contributed by atoms with Crippen LogP contribution in [0.15, 0.2) is 66.7 Å². The number of nitrogens with zero attached hydrogens (tertiary/aromatic N) is 2. The highest BCUT2D eigenvalue weighted by atomic mass is 16.5. The van der Waals surface area contributed by atoms with Crippen LogP contribution in [0, 0.1) is 0 Å². The quantitative estimate of drug-likeness (QED) is 0.501. The molecule has 0 bridgehead atoms. The van der Waals surface area contributed by atoms with E-state index >= 15 is 0 Å². The zero-order chi connectivity index (χ0) is 21.1. The molecule has 152 valence electrons. The summed E-state index contributed by atoms with van der Waals surface area (Å²) < 4.78 is 5.16. The molecule has 1 amide bonds. The Bertz CT molecular complexity index is 1170. The van der Waals surface area contributed by atoms with Gasteiger partial charge in [-0.15, -0.1) is 0 Å². The third-order valence-corrected chi connectivity index (χ3v) is 4.94. The van der Waals surface area contributed by atoms with Crippen molar-refractivity contribution in [3.63, 3.8) is 0 Å². The van der Waals surface area contributed by atoms with E-state index in [1.165, 1.54) is 5.56 Å². The van der Waals surface area contributed by atoms with Gasteiger partial charge in [0.05, 0.1) is 29.5 Å². The smallest absolute Gasteiger partial charge is 0.255 e. The van der Waals surface area contributed by atoms with E-state index in [2.05, 4.69) is 22.4 Å². The van der Waals surface area contributed by atoms with Crippen molar-refractivity contribution in [1.82, 2.24) is 9.97 Å². The number of hydrogen-bond acceptors (Lipinski definition) is 4. The molecular weight excluding hydrogens is 376 g/mol. The number of imidazole rings is 1. The Labute approximate surface area is 175 Å². The normalized spacial score (nSPS) is 10.8. The highest BCUT2D eigenvalue weighted by Gasteiger charge is 2.14. The van der Waals surface area contributed by atoms with Crippen LogP contribution in [0.5, 0.6) is 5.75 Å². The zero-order valence-electron chi connectivity index (χ0n) is 17.3. The molecule has 2 N–H and O–H groups in total. The van der Waals surface area contributed by atoms with Crippen molar-refractivity contribution in [2.75, 3.05) is 31.4 Å². The summed E-state index contributed by atoms with van der Waals surface area (Å²) in [5.41, 5.74) is 5.13. The van der Waals surface area contributed by atoms with Crippen LogP contribution >= 0.6 is 0 Å². The first-order valence-corrected chi connectivity index (χ1v) is 9.73. The molecule has 4 aromatic rings.